The van der Waals surface area contributed by atoms with E-state index in [2.05, 4.69) is 19.9 Å². The van der Waals surface area contributed by atoms with Crippen molar-refractivity contribution in [1.82, 2.24) is 0 Å². The maximum Gasteiger partial charge on any atom is 0.121 e. The Morgan fingerprint density at radius 3 is 2.88 bits per heavy atom. The van der Waals surface area contributed by atoms with E-state index in [0.717, 1.165) is 31.4 Å². The quantitative estimate of drug-likeness (QED) is 0.759. The molecule has 1 rings (SSSR count). The van der Waals surface area contributed by atoms with E-state index in [4.69, 9.17) is 9.47 Å². The lowest BCUT2D eigenvalue weighted by molar-refractivity contribution is 0.0274. The fourth-order valence-electron chi connectivity index (χ4n) is 2.09. The van der Waals surface area contributed by atoms with E-state index < -0.39 is 0 Å². The van der Waals surface area contributed by atoms with Crippen LogP contribution in [0.1, 0.15) is 39.5 Å². The van der Waals surface area contributed by atoms with E-state index in [1.165, 1.54) is 0 Å². The van der Waals surface area contributed by atoms with Gasteiger partial charge in [-0.15, -0.1) is 0 Å². The standard InChI is InChI=1S/C13H24O3/c1-4-5-12(9-14)16-11-7-6-10(2)13(8-11)15-3/h8,10,12-14H,4-7,9H2,1-3H3/t10-,12?,13+/m0/s1. The smallest absolute Gasteiger partial charge is 0.121 e. The van der Waals surface area contributed by atoms with E-state index in [-0.39, 0.29) is 18.8 Å². The van der Waals surface area contributed by atoms with Crippen molar-refractivity contribution in [3.05, 3.63) is 11.8 Å². The van der Waals surface area contributed by atoms with Crippen molar-refractivity contribution in [3.63, 3.8) is 0 Å². The molecule has 0 amide bonds. The van der Waals surface area contributed by atoms with E-state index in [9.17, 15) is 5.11 Å². The lowest BCUT2D eigenvalue weighted by Gasteiger charge is -2.28. The van der Waals surface area contributed by atoms with Crippen LogP contribution in [0.25, 0.3) is 0 Å². The van der Waals surface area contributed by atoms with Gasteiger partial charge in [-0.2, -0.15) is 0 Å². The van der Waals surface area contributed by atoms with Gasteiger partial charge in [0.25, 0.3) is 0 Å². The normalized spacial score (nSPS) is 27.4. The third-order valence-corrected chi connectivity index (χ3v) is 3.16. The minimum absolute atomic E-state index is 0.0536. The van der Waals surface area contributed by atoms with Crippen molar-refractivity contribution < 1.29 is 14.6 Å². The largest absolute Gasteiger partial charge is 0.493 e. The molecule has 0 bridgehead atoms. The van der Waals surface area contributed by atoms with Gasteiger partial charge in [0, 0.05) is 13.5 Å². The molecule has 16 heavy (non-hydrogen) atoms. The molecule has 1 aliphatic carbocycles. The lowest BCUT2D eigenvalue weighted by atomic mass is 9.92. The Balaban J connectivity index is 2.52. The summed E-state index contributed by atoms with van der Waals surface area (Å²) in [5.74, 6) is 1.54. The molecule has 3 heteroatoms. The molecule has 3 nitrogen and oxygen atoms in total. The molecule has 0 heterocycles. The summed E-state index contributed by atoms with van der Waals surface area (Å²) in [4.78, 5) is 0. The van der Waals surface area contributed by atoms with Crippen LogP contribution in [0.15, 0.2) is 11.8 Å². The summed E-state index contributed by atoms with van der Waals surface area (Å²) in [6.45, 7) is 4.39. The summed E-state index contributed by atoms with van der Waals surface area (Å²) < 4.78 is 11.2. The van der Waals surface area contributed by atoms with E-state index in [1.54, 1.807) is 7.11 Å². The van der Waals surface area contributed by atoms with Gasteiger partial charge in [-0.3, -0.25) is 0 Å². The number of hydrogen-bond acceptors (Lipinski definition) is 3. The SMILES string of the molecule is CCCC(CO)OC1=C[C@@H](OC)[C@@H](C)CC1. The molecule has 0 radical (unpaired) electrons. The van der Waals surface area contributed by atoms with Crippen LogP contribution in [0.4, 0.5) is 0 Å². The summed E-state index contributed by atoms with van der Waals surface area (Å²) in [7, 11) is 1.73. The highest BCUT2D eigenvalue weighted by molar-refractivity contribution is 5.05. The van der Waals surface area contributed by atoms with Gasteiger partial charge in [0.1, 0.15) is 6.10 Å². The Morgan fingerprint density at radius 1 is 1.56 bits per heavy atom. The van der Waals surface area contributed by atoms with Crippen molar-refractivity contribution >= 4 is 0 Å². The van der Waals surface area contributed by atoms with E-state index >= 15 is 0 Å². The zero-order chi connectivity index (χ0) is 12.0. The Morgan fingerprint density at radius 2 is 2.31 bits per heavy atom. The first-order valence-electron chi connectivity index (χ1n) is 6.22. The predicted molar refractivity (Wildman–Crippen MR) is 64.1 cm³/mol. The maximum absolute atomic E-state index is 9.18. The zero-order valence-corrected chi connectivity index (χ0v) is 10.6. The van der Waals surface area contributed by atoms with Gasteiger partial charge < -0.3 is 14.6 Å². The van der Waals surface area contributed by atoms with Gasteiger partial charge in [-0.25, -0.2) is 0 Å². The van der Waals surface area contributed by atoms with Gasteiger partial charge in [0.05, 0.1) is 18.5 Å². The van der Waals surface area contributed by atoms with E-state index in [0.29, 0.717) is 5.92 Å². The van der Waals surface area contributed by atoms with Crippen molar-refractivity contribution in [2.75, 3.05) is 13.7 Å². The number of allylic oxidation sites excluding steroid dienone is 1. The van der Waals surface area contributed by atoms with Crippen LogP contribution in [0.2, 0.25) is 0 Å². The molecule has 0 saturated carbocycles. The molecule has 1 N–H and O–H groups in total. The molecule has 0 saturated heterocycles. The zero-order valence-electron chi connectivity index (χ0n) is 10.6. The third-order valence-electron chi connectivity index (χ3n) is 3.16. The lowest BCUT2D eigenvalue weighted by Crippen LogP contribution is -2.25. The number of hydrogen-bond donors (Lipinski definition) is 1. The van der Waals surface area contributed by atoms with Crippen LogP contribution in [-0.4, -0.2) is 31.0 Å². The van der Waals surface area contributed by atoms with Gasteiger partial charge >= 0.3 is 0 Å². The number of aliphatic hydroxyl groups is 1. The molecular formula is C13H24O3. The van der Waals surface area contributed by atoms with Crippen LogP contribution in [0.5, 0.6) is 0 Å². The molecule has 0 aliphatic heterocycles. The summed E-state index contributed by atoms with van der Waals surface area (Å²) in [6.07, 6.45) is 6.15. The molecule has 3 atom stereocenters. The molecule has 0 aromatic heterocycles. The molecule has 0 aromatic carbocycles. The number of rotatable bonds is 6. The molecule has 0 aromatic rings. The molecule has 0 fully saturated rings. The number of aliphatic hydroxyl groups excluding tert-OH is 1. The minimum Gasteiger partial charge on any atom is -0.493 e. The highest BCUT2D eigenvalue weighted by Crippen LogP contribution is 2.27. The van der Waals surface area contributed by atoms with E-state index in [1.807, 2.05) is 0 Å². The van der Waals surface area contributed by atoms with Crippen LogP contribution >= 0.6 is 0 Å². The monoisotopic (exact) mass is 228 g/mol. The maximum atomic E-state index is 9.18. The van der Waals surface area contributed by atoms with Crippen LogP contribution in [-0.2, 0) is 9.47 Å². The van der Waals surface area contributed by atoms with Crippen LogP contribution in [0, 0.1) is 5.92 Å². The second-order valence-corrected chi connectivity index (χ2v) is 4.56. The van der Waals surface area contributed by atoms with Gasteiger partial charge in [0.15, 0.2) is 0 Å². The highest BCUT2D eigenvalue weighted by atomic mass is 16.5. The van der Waals surface area contributed by atoms with Crippen molar-refractivity contribution in [3.8, 4) is 0 Å². The molecular weight excluding hydrogens is 204 g/mol. The second-order valence-electron chi connectivity index (χ2n) is 4.56. The number of ether oxygens (including phenoxy) is 2. The first-order valence-corrected chi connectivity index (χ1v) is 6.22. The summed E-state index contributed by atoms with van der Waals surface area (Å²) in [5.41, 5.74) is 0. The average molecular weight is 228 g/mol. The Bertz CT molecular complexity index is 225. The van der Waals surface area contributed by atoms with Gasteiger partial charge in [0.2, 0.25) is 0 Å². The topological polar surface area (TPSA) is 38.7 Å². The molecule has 1 aliphatic rings. The molecule has 0 spiro atoms. The van der Waals surface area contributed by atoms with Crippen LogP contribution in [0.3, 0.4) is 0 Å². The van der Waals surface area contributed by atoms with Gasteiger partial charge in [-0.1, -0.05) is 20.3 Å². The van der Waals surface area contributed by atoms with Gasteiger partial charge in [-0.05, 0) is 24.8 Å². The first kappa shape index (κ1) is 13.5. The fourth-order valence-corrected chi connectivity index (χ4v) is 2.09. The Hall–Kier alpha value is -0.540. The Labute approximate surface area is 98.4 Å². The summed E-state index contributed by atoms with van der Waals surface area (Å²) in [5, 5.41) is 9.18. The first-order chi connectivity index (χ1) is 7.71. The highest BCUT2D eigenvalue weighted by Gasteiger charge is 2.22. The predicted octanol–water partition coefficient (Wildman–Crippen LogP) is 2.49. The number of methoxy groups -OCH3 is 1. The Kier molecular flexibility index (Phi) is 5.85. The van der Waals surface area contributed by atoms with Crippen molar-refractivity contribution in [2.24, 2.45) is 5.92 Å². The summed E-state index contributed by atoms with van der Waals surface area (Å²) >= 11 is 0. The van der Waals surface area contributed by atoms with Crippen molar-refractivity contribution in [1.29, 1.82) is 0 Å². The average Bonchev–Trinajstić information content (AvgIpc) is 2.30. The van der Waals surface area contributed by atoms with Crippen LogP contribution < -0.4 is 0 Å². The third kappa shape index (κ3) is 3.80. The molecule has 94 valence electrons. The summed E-state index contributed by atoms with van der Waals surface area (Å²) in [6, 6.07) is 0. The minimum atomic E-state index is -0.0536. The molecule has 1 unspecified atom stereocenters. The van der Waals surface area contributed by atoms with Crippen molar-refractivity contribution in [2.45, 2.75) is 51.7 Å². The second kappa shape index (κ2) is 6.92. The fraction of sp³-hybridized carbons (Fsp3) is 0.846.